The Kier molecular flexibility index (Phi) is 4.74. The van der Waals surface area contributed by atoms with Gasteiger partial charge in [-0.15, -0.1) is 0 Å². The predicted molar refractivity (Wildman–Crippen MR) is 91.8 cm³/mol. The Morgan fingerprint density at radius 3 is 3.04 bits per heavy atom. The Balaban J connectivity index is 1.60. The fourth-order valence-electron chi connectivity index (χ4n) is 3.00. The van der Waals surface area contributed by atoms with Crippen molar-refractivity contribution in [2.45, 2.75) is 46.0 Å². The van der Waals surface area contributed by atoms with Crippen molar-refractivity contribution < 1.29 is 9.53 Å². The highest BCUT2D eigenvalue weighted by Crippen LogP contribution is 2.25. The second-order valence-corrected chi connectivity index (χ2v) is 6.32. The van der Waals surface area contributed by atoms with Crippen LogP contribution in [0.5, 0.6) is 5.88 Å². The number of hydrogen-bond acceptors (Lipinski definition) is 3. The molecule has 0 aliphatic carbocycles. The predicted octanol–water partition coefficient (Wildman–Crippen LogP) is 2.96. The van der Waals surface area contributed by atoms with E-state index in [9.17, 15) is 4.79 Å². The third-order valence-electron chi connectivity index (χ3n) is 4.20. The summed E-state index contributed by atoms with van der Waals surface area (Å²) in [6.07, 6.45) is 3.84. The third-order valence-corrected chi connectivity index (χ3v) is 4.20. The van der Waals surface area contributed by atoms with Crippen molar-refractivity contribution in [2.75, 3.05) is 6.54 Å². The molecular weight excluding hydrogens is 304 g/mol. The number of nitrogens with zero attached hydrogens (tertiary/aromatic N) is 3. The van der Waals surface area contributed by atoms with Crippen LogP contribution in [-0.4, -0.2) is 33.1 Å². The average molecular weight is 328 g/mol. The minimum Gasteiger partial charge on any atom is -0.475 e. The van der Waals surface area contributed by atoms with Crippen LogP contribution < -0.4 is 10.1 Å². The molecule has 0 saturated carbocycles. The maximum atomic E-state index is 12.5. The van der Waals surface area contributed by atoms with Gasteiger partial charge in [0, 0.05) is 43.8 Å². The Morgan fingerprint density at radius 1 is 1.42 bits per heavy atom. The summed E-state index contributed by atoms with van der Waals surface area (Å²) in [6.45, 7) is 7.99. The highest BCUT2D eigenvalue weighted by atomic mass is 16.5. The molecule has 3 rings (SSSR count). The summed E-state index contributed by atoms with van der Waals surface area (Å²) in [5.74, 6) is 0.584. The van der Waals surface area contributed by atoms with Crippen molar-refractivity contribution in [3.05, 3.63) is 47.9 Å². The minimum atomic E-state index is -0.0434. The van der Waals surface area contributed by atoms with Gasteiger partial charge in [0.2, 0.25) is 5.88 Å². The minimum absolute atomic E-state index is 0.0434. The average Bonchev–Trinajstić information content (AvgIpc) is 3.02. The largest absolute Gasteiger partial charge is 0.475 e. The van der Waals surface area contributed by atoms with E-state index in [4.69, 9.17) is 4.74 Å². The summed E-state index contributed by atoms with van der Waals surface area (Å²) >= 11 is 0. The second kappa shape index (κ2) is 6.95. The number of fused-ring (bicyclic) bond motifs is 1. The van der Waals surface area contributed by atoms with E-state index in [1.165, 1.54) is 5.69 Å². The number of rotatable bonds is 4. The van der Waals surface area contributed by atoms with Crippen molar-refractivity contribution in [1.29, 1.82) is 0 Å². The first-order valence-corrected chi connectivity index (χ1v) is 8.35. The van der Waals surface area contributed by atoms with Crippen LogP contribution in [0.15, 0.2) is 36.7 Å². The molecule has 0 fully saturated rings. The summed E-state index contributed by atoms with van der Waals surface area (Å²) in [4.78, 5) is 18.6. The van der Waals surface area contributed by atoms with Crippen LogP contribution in [0.25, 0.3) is 0 Å². The van der Waals surface area contributed by atoms with Crippen molar-refractivity contribution in [1.82, 2.24) is 19.8 Å². The van der Waals surface area contributed by atoms with Gasteiger partial charge in [-0.1, -0.05) is 0 Å². The monoisotopic (exact) mass is 328 g/mol. The van der Waals surface area contributed by atoms with Crippen LogP contribution in [0, 0.1) is 0 Å². The molecule has 0 unspecified atom stereocenters. The molecule has 0 bridgehead atoms. The number of pyridine rings is 1. The van der Waals surface area contributed by atoms with Gasteiger partial charge in [0.05, 0.1) is 12.1 Å². The summed E-state index contributed by atoms with van der Waals surface area (Å²) in [5, 5.41) is 3.00. The van der Waals surface area contributed by atoms with Crippen LogP contribution in [0.2, 0.25) is 0 Å². The van der Waals surface area contributed by atoms with E-state index in [-0.39, 0.29) is 18.2 Å². The Labute approximate surface area is 142 Å². The molecule has 2 amide bonds. The van der Waals surface area contributed by atoms with Gasteiger partial charge in [-0.2, -0.15) is 0 Å². The zero-order valence-electron chi connectivity index (χ0n) is 14.4. The molecule has 0 aromatic carbocycles. The molecule has 0 saturated heterocycles. The van der Waals surface area contributed by atoms with E-state index in [0.29, 0.717) is 19.0 Å². The van der Waals surface area contributed by atoms with E-state index in [1.807, 2.05) is 36.9 Å². The Hall–Kier alpha value is -2.50. The topological polar surface area (TPSA) is 59.4 Å². The molecule has 128 valence electrons. The third kappa shape index (κ3) is 3.53. The molecule has 24 heavy (non-hydrogen) atoms. The van der Waals surface area contributed by atoms with Crippen LogP contribution >= 0.6 is 0 Å². The standard InChI is InChI=1S/C18H24N4O2/c1-13(2)24-17-11-15(6-7-19-17)12-20-18(23)22-10-9-21-8-4-5-16(21)14(22)3/h4-8,11,13-14H,9-10,12H2,1-3H3,(H,20,23)/t14-/m1/s1. The van der Waals surface area contributed by atoms with Crippen molar-refractivity contribution in [3.8, 4) is 5.88 Å². The molecule has 6 nitrogen and oxygen atoms in total. The lowest BCUT2D eigenvalue weighted by Crippen LogP contribution is -2.45. The summed E-state index contributed by atoms with van der Waals surface area (Å²) in [7, 11) is 0. The number of hydrogen-bond donors (Lipinski definition) is 1. The lowest BCUT2D eigenvalue weighted by atomic mass is 10.1. The van der Waals surface area contributed by atoms with Gasteiger partial charge in [-0.05, 0) is 44.5 Å². The molecular formula is C18H24N4O2. The van der Waals surface area contributed by atoms with Crippen LogP contribution in [0.4, 0.5) is 4.79 Å². The van der Waals surface area contributed by atoms with Crippen molar-refractivity contribution >= 4 is 6.03 Å². The molecule has 0 radical (unpaired) electrons. The highest BCUT2D eigenvalue weighted by molar-refractivity contribution is 5.74. The van der Waals surface area contributed by atoms with E-state index < -0.39 is 0 Å². The molecule has 1 N–H and O–H groups in total. The van der Waals surface area contributed by atoms with Gasteiger partial charge in [0.25, 0.3) is 0 Å². The maximum Gasteiger partial charge on any atom is 0.318 e. The molecule has 1 aliphatic heterocycles. The van der Waals surface area contributed by atoms with E-state index in [2.05, 4.69) is 34.1 Å². The van der Waals surface area contributed by atoms with Crippen LogP contribution in [0.1, 0.15) is 38.1 Å². The molecule has 2 aromatic heterocycles. The van der Waals surface area contributed by atoms with Gasteiger partial charge in [-0.3, -0.25) is 0 Å². The van der Waals surface area contributed by atoms with Gasteiger partial charge in [0.15, 0.2) is 0 Å². The second-order valence-electron chi connectivity index (χ2n) is 6.32. The lowest BCUT2D eigenvalue weighted by Gasteiger charge is -2.34. The number of ether oxygens (including phenoxy) is 1. The Bertz CT molecular complexity index is 711. The first-order chi connectivity index (χ1) is 11.5. The maximum absolute atomic E-state index is 12.5. The molecule has 6 heteroatoms. The van der Waals surface area contributed by atoms with Gasteiger partial charge >= 0.3 is 6.03 Å². The van der Waals surface area contributed by atoms with E-state index in [1.54, 1.807) is 6.20 Å². The van der Waals surface area contributed by atoms with Gasteiger partial charge in [-0.25, -0.2) is 9.78 Å². The quantitative estimate of drug-likeness (QED) is 0.939. The fraction of sp³-hybridized carbons (Fsp3) is 0.444. The molecule has 0 spiro atoms. The zero-order valence-corrected chi connectivity index (χ0v) is 14.4. The number of aromatic nitrogens is 2. The van der Waals surface area contributed by atoms with Gasteiger partial charge in [0.1, 0.15) is 0 Å². The Morgan fingerprint density at radius 2 is 2.25 bits per heavy atom. The number of carbonyl (C=O) groups is 1. The number of nitrogens with one attached hydrogen (secondary N) is 1. The van der Waals surface area contributed by atoms with Gasteiger partial charge < -0.3 is 19.5 Å². The molecule has 2 aromatic rings. The normalized spacial score (nSPS) is 16.8. The fourth-order valence-corrected chi connectivity index (χ4v) is 3.00. The van der Waals surface area contributed by atoms with Crippen LogP contribution in [0.3, 0.4) is 0 Å². The number of urea groups is 1. The smallest absolute Gasteiger partial charge is 0.318 e. The zero-order chi connectivity index (χ0) is 17.1. The molecule has 1 aliphatic rings. The highest BCUT2D eigenvalue weighted by Gasteiger charge is 2.27. The summed E-state index contributed by atoms with van der Waals surface area (Å²) in [6, 6.07) is 7.89. The number of amides is 2. The molecule has 3 heterocycles. The first kappa shape index (κ1) is 16.4. The number of carbonyl (C=O) groups excluding carboxylic acids is 1. The van der Waals surface area contributed by atoms with E-state index in [0.717, 1.165) is 12.1 Å². The summed E-state index contributed by atoms with van der Waals surface area (Å²) < 4.78 is 7.79. The van der Waals surface area contributed by atoms with E-state index >= 15 is 0 Å². The molecule has 1 atom stereocenters. The van der Waals surface area contributed by atoms with Crippen LogP contribution in [-0.2, 0) is 13.1 Å². The van der Waals surface area contributed by atoms with Crippen molar-refractivity contribution in [2.24, 2.45) is 0 Å². The van der Waals surface area contributed by atoms with Crippen molar-refractivity contribution in [3.63, 3.8) is 0 Å². The SMILES string of the molecule is CC(C)Oc1cc(CNC(=O)N2CCn3cccc3[C@H]2C)ccn1. The summed E-state index contributed by atoms with van der Waals surface area (Å²) in [5.41, 5.74) is 2.15. The first-order valence-electron chi connectivity index (χ1n) is 8.35. The lowest BCUT2D eigenvalue weighted by molar-refractivity contribution is 0.162.